The monoisotopic (exact) mass is 301 g/mol. The molecule has 0 amide bonds. The normalized spacial score (nSPS) is 23.6. The van der Waals surface area contributed by atoms with E-state index in [0.717, 1.165) is 19.3 Å². The molecule has 0 radical (unpaired) electrons. The minimum absolute atomic E-state index is 0.110. The lowest BCUT2D eigenvalue weighted by molar-refractivity contribution is -0.274. The van der Waals surface area contributed by atoms with Gasteiger partial charge in [-0.15, -0.1) is 13.2 Å². The van der Waals surface area contributed by atoms with Crippen LogP contribution in [0.2, 0.25) is 0 Å². The summed E-state index contributed by atoms with van der Waals surface area (Å²) in [5.41, 5.74) is 7.16. The van der Waals surface area contributed by atoms with Crippen molar-refractivity contribution in [2.24, 2.45) is 17.1 Å². The lowest BCUT2D eigenvalue weighted by Crippen LogP contribution is -2.36. The number of benzene rings is 1. The first-order valence-electron chi connectivity index (χ1n) is 7.30. The lowest BCUT2D eigenvalue weighted by atomic mass is 9.65. The molecule has 1 aromatic rings. The third kappa shape index (κ3) is 4.13. The molecule has 0 bridgehead atoms. The maximum Gasteiger partial charge on any atom is 0.573 e. The molecular weight excluding hydrogens is 279 g/mol. The molecule has 2 N–H and O–H groups in total. The van der Waals surface area contributed by atoms with Crippen molar-refractivity contribution < 1.29 is 17.9 Å². The Balaban J connectivity index is 2.19. The fourth-order valence-corrected chi connectivity index (χ4v) is 3.34. The first kappa shape index (κ1) is 16.1. The average Bonchev–Trinajstić information content (AvgIpc) is 2.36. The molecule has 118 valence electrons. The van der Waals surface area contributed by atoms with Gasteiger partial charge in [0.1, 0.15) is 5.75 Å². The largest absolute Gasteiger partial charge is 0.573 e. The van der Waals surface area contributed by atoms with Crippen molar-refractivity contribution >= 4 is 0 Å². The van der Waals surface area contributed by atoms with E-state index in [-0.39, 0.29) is 23.1 Å². The topological polar surface area (TPSA) is 35.2 Å². The summed E-state index contributed by atoms with van der Waals surface area (Å²) in [5.74, 6) is 0.0662. The van der Waals surface area contributed by atoms with E-state index in [2.05, 4.69) is 18.6 Å². The third-order valence-electron chi connectivity index (χ3n) is 4.50. The predicted octanol–water partition coefficient (Wildman–Crippen LogP) is 4.80. The first-order valence-corrected chi connectivity index (χ1v) is 7.30. The van der Waals surface area contributed by atoms with Gasteiger partial charge in [0, 0.05) is 6.04 Å². The van der Waals surface area contributed by atoms with E-state index in [1.807, 2.05) is 0 Å². The summed E-state index contributed by atoms with van der Waals surface area (Å²) in [6.45, 7) is 4.37. The zero-order valence-corrected chi connectivity index (χ0v) is 12.4. The molecule has 1 saturated carbocycles. The van der Waals surface area contributed by atoms with Crippen LogP contribution in [0.15, 0.2) is 24.3 Å². The molecule has 2 unspecified atom stereocenters. The van der Waals surface area contributed by atoms with Crippen LogP contribution >= 0.6 is 0 Å². The minimum atomic E-state index is -4.67. The molecule has 0 aliphatic heterocycles. The lowest BCUT2D eigenvalue weighted by Gasteiger charge is -2.42. The average molecular weight is 301 g/mol. The fourth-order valence-electron chi connectivity index (χ4n) is 3.34. The van der Waals surface area contributed by atoms with E-state index < -0.39 is 6.36 Å². The Kier molecular flexibility index (Phi) is 4.51. The standard InChI is InChI=1S/C16H22F3NO/c1-15(2)9-4-3-8-13(15)14(20)11-6-5-7-12(10-11)21-16(17,18)19/h5-7,10,13-14H,3-4,8-9,20H2,1-2H3. The molecule has 1 fully saturated rings. The van der Waals surface area contributed by atoms with Crippen molar-refractivity contribution in [3.8, 4) is 5.75 Å². The summed E-state index contributed by atoms with van der Waals surface area (Å²) in [5, 5.41) is 0. The van der Waals surface area contributed by atoms with Crippen molar-refractivity contribution in [1.29, 1.82) is 0 Å². The highest BCUT2D eigenvalue weighted by Gasteiger charge is 2.37. The third-order valence-corrected chi connectivity index (χ3v) is 4.50. The maximum absolute atomic E-state index is 12.3. The summed E-state index contributed by atoms with van der Waals surface area (Å²) < 4.78 is 40.9. The van der Waals surface area contributed by atoms with E-state index in [9.17, 15) is 13.2 Å². The second-order valence-electron chi connectivity index (χ2n) is 6.49. The number of halogens is 3. The molecule has 0 heterocycles. The van der Waals surface area contributed by atoms with Crippen LogP contribution in [0, 0.1) is 11.3 Å². The predicted molar refractivity (Wildman–Crippen MR) is 75.8 cm³/mol. The highest BCUT2D eigenvalue weighted by molar-refractivity contribution is 5.31. The number of ether oxygens (including phenoxy) is 1. The van der Waals surface area contributed by atoms with Gasteiger partial charge in [-0.05, 0) is 41.9 Å². The van der Waals surface area contributed by atoms with Gasteiger partial charge in [0.05, 0.1) is 0 Å². The van der Waals surface area contributed by atoms with E-state index >= 15 is 0 Å². The number of hydrogen-bond acceptors (Lipinski definition) is 2. The van der Waals surface area contributed by atoms with Gasteiger partial charge >= 0.3 is 6.36 Å². The fraction of sp³-hybridized carbons (Fsp3) is 0.625. The SMILES string of the molecule is CC1(C)CCCCC1C(N)c1cccc(OC(F)(F)F)c1. The van der Waals surface area contributed by atoms with Crippen LogP contribution in [0.4, 0.5) is 13.2 Å². The van der Waals surface area contributed by atoms with Crippen LogP contribution < -0.4 is 10.5 Å². The molecular formula is C16H22F3NO. The van der Waals surface area contributed by atoms with Gasteiger partial charge in [-0.2, -0.15) is 0 Å². The van der Waals surface area contributed by atoms with Crippen molar-refractivity contribution in [3.63, 3.8) is 0 Å². The van der Waals surface area contributed by atoms with Gasteiger partial charge < -0.3 is 10.5 Å². The van der Waals surface area contributed by atoms with Gasteiger partial charge in [0.2, 0.25) is 0 Å². The number of alkyl halides is 3. The Morgan fingerprint density at radius 1 is 1.29 bits per heavy atom. The van der Waals surface area contributed by atoms with Crippen molar-refractivity contribution in [3.05, 3.63) is 29.8 Å². The molecule has 0 spiro atoms. The zero-order chi connectivity index (χ0) is 15.7. The number of hydrogen-bond donors (Lipinski definition) is 1. The van der Waals surface area contributed by atoms with Crippen molar-refractivity contribution in [1.82, 2.24) is 0 Å². The molecule has 1 aromatic carbocycles. The van der Waals surface area contributed by atoms with Gasteiger partial charge in [-0.3, -0.25) is 0 Å². The van der Waals surface area contributed by atoms with Crippen LogP contribution in [0.3, 0.4) is 0 Å². The van der Waals surface area contributed by atoms with Gasteiger partial charge in [-0.25, -0.2) is 0 Å². The van der Waals surface area contributed by atoms with Crippen molar-refractivity contribution in [2.75, 3.05) is 0 Å². The van der Waals surface area contributed by atoms with Crippen LogP contribution in [-0.2, 0) is 0 Å². The number of nitrogens with two attached hydrogens (primary N) is 1. The summed E-state index contributed by atoms with van der Waals surface area (Å²) in [7, 11) is 0. The molecule has 2 rings (SSSR count). The zero-order valence-electron chi connectivity index (χ0n) is 12.4. The van der Waals surface area contributed by atoms with Crippen molar-refractivity contribution in [2.45, 2.75) is 51.9 Å². The number of rotatable bonds is 3. The Morgan fingerprint density at radius 2 is 2.00 bits per heavy atom. The molecule has 2 atom stereocenters. The summed E-state index contributed by atoms with van der Waals surface area (Å²) in [6.07, 6.45) is -0.247. The minimum Gasteiger partial charge on any atom is -0.406 e. The Morgan fingerprint density at radius 3 is 2.62 bits per heavy atom. The molecule has 2 nitrogen and oxygen atoms in total. The van der Waals surface area contributed by atoms with Crippen LogP contribution in [0.1, 0.15) is 51.1 Å². The summed E-state index contributed by atoms with van der Waals surface area (Å²) in [4.78, 5) is 0. The molecule has 0 aromatic heterocycles. The Labute approximate surface area is 123 Å². The molecule has 0 saturated heterocycles. The molecule has 5 heteroatoms. The summed E-state index contributed by atoms with van der Waals surface area (Å²) in [6, 6.07) is 5.78. The van der Waals surface area contributed by atoms with Gasteiger partial charge in [-0.1, -0.05) is 38.8 Å². The van der Waals surface area contributed by atoms with E-state index in [1.54, 1.807) is 12.1 Å². The molecule has 21 heavy (non-hydrogen) atoms. The summed E-state index contributed by atoms with van der Waals surface area (Å²) >= 11 is 0. The van der Waals surface area contributed by atoms with E-state index in [4.69, 9.17) is 5.73 Å². The van der Waals surface area contributed by atoms with Crippen LogP contribution in [0.5, 0.6) is 5.75 Å². The van der Waals surface area contributed by atoms with Crippen LogP contribution in [-0.4, -0.2) is 6.36 Å². The Hall–Kier alpha value is -1.23. The van der Waals surface area contributed by atoms with E-state index in [1.165, 1.54) is 18.6 Å². The highest BCUT2D eigenvalue weighted by atomic mass is 19.4. The van der Waals surface area contributed by atoms with Gasteiger partial charge in [0.25, 0.3) is 0 Å². The second-order valence-corrected chi connectivity index (χ2v) is 6.49. The van der Waals surface area contributed by atoms with Crippen LogP contribution in [0.25, 0.3) is 0 Å². The molecule has 1 aliphatic carbocycles. The quantitative estimate of drug-likeness (QED) is 0.870. The second kappa shape index (κ2) is 5.87. The highest BCUT2D eigenvalue weighted by Crippen LogP contribution is 2.46. The smallest absolute Gasteiger partial charge is 0.406 e. The van der Waals surface area contributed by atoms with E-state index in [0.29, 0.717) is 5.56 Å². The molecule has 1 aliphatic rings. The first-order chi connectivity index (χ1) is 9.69. The maximum atomic E-state index is 12.3. The van der Waals surface area contributed by atoms with Gasteiger partial charge in [0.15, 0.2) is 0 Å². The Bertz CT molecular complexity index is 485.